The van der Waals surface area contributed by atoms with E-state index in [0.29, 0.717) is 11.0 Å². The molecule has 1 aliphatic rings. The quantitative estimate of drug-likeness (QED) is 0.505. The largest absolute Gasteiger partial charge is 0.460 e. The van der Waals surface area contributed by atoms with Gasteiger partial charge in [-0.1, -0.05) is 0 Å². The first-order valence-corrected chi connectivity index (χ1v) is 9.59. The number of alkyl halides is 3. The predicted octanol–water partition coefficient (Wildman–Crippen LogP) is 4.25. The molecule has 0 aliphatic carbocycles. The van der Waals surface area contributed by atoms with Crippen molar-refractivity contribution >= 4 is 23.6 Å². The summed E-state index contributed by atoms with van der Waals surface area (Å²) in [6, 6.07) is 3.34. The predicted molar refractivity (Wildman–Crippen MR) is 105 cm³/mol. The van der Waals surface area contributed by atoms with Gasteiger partial charge in [0.2, 0.25) is 0 Å². The molecule has 0 bridgehead atoms. The van der Waals surface area contributed by atoms with Gasteiger partial charge < -0.3 is 9.64 Å². The van der Waals surface area contributed by atoms with Crippen LogP contribution in [0.15, 0.2) is 18.2 Å². The number of hydrogen-bond acceptors (Lipinski definition) is 5. The zero-order chi connectivity index (χ0) is 23.8. The molecule has 3 amide bonds. The SMILES string of the molecule is CC(C)(C)OC(=O)CCCN1C(=O)N(c2ccc(C#N)c(C(F)(F)F)c2)C(=O)C1(C)C. The van der Waals surface area contributed by atoms with Crippen LogP contribution in [-0.4, -0.2) is 40.5 Å². The first-order valence-electron chi connectivity index (χ1n) is 9.59. The minimum absolute atomic E-state index is 0.0143. The Bertz CT molecular complexity index is 943. The maximum absolute atomic E-state index is 13.3. The fourth-order valence-corrected chi connectivity index (χ4v) is 3.22. The maximum Gasteiger partial charge on any atom is 0.417 e. The van der Waals surface area contributed by atoms with Gasteiger partial charge in [-0.25, -0.2) is 9.69 Å². The first kappa shape index (κ1) is 24.2. The first-order chi connectivity index (χ1) is 14.1. The molecule has 1 fully saturated rings. The van der Waals surface area contributed by atoms with Crippen molar-refractivity contribution < 1.29 is 32.3 Å². The summed E-state index contributed by atoms with van der Waals surface area (Å²) < 4.78 is 45.1. The number of benzene rings is 1. The number of rotatable bonds is 5. The van der Waals surface area contributed by atoms with Crippen LogP contribution in [0.5, 0.6) is 0 Å². The van der Waals surface area contributed by atoms with E-state index >= 15 is 0 Å². The van der Waals surface area contributed by atoms with Crippen LogP contribution in [0.3, 0.4) is 0 Å². The highest BCUT2D eigenvalue weighted by Crippen LogP contribution is 2.37. The molecule has 31 heavy (non-hydrogen) atoms. The van der Waals surface area contributed by atoms with Crippen LogP contribution >= 0.6 is 0 Å². The van der Waals surface area contributed by atoms with Gasteiger partial charge in [0.15, 0.2) is 0 Å². The number of nitriles is 1. The van der Waals surface area contributed by atoms with Crippen LogP contribution in [-0.2, 0) is 20.5 Å². The zero-order valence-electron chi connectivity index (χ0n) is 18.0. The second-order valence-electron chi connectivity index (χ2n) is 8.66. The summed E-state index contributed by atoms with van der Waals surface area (Å²) in [5.74, 6) is -1.16. The molecule has 0 unspecified atom stereocenters. The Morgan fingerprint density at radius 1 is 1.19 bits per heavy atom. The van der Waals surface area contributed by atoms with Gasteiger partial charge >= 0.3 is 18.2 Å². The number of hydrogen-bond donors (Lipinski definition) is 0. The summed E-state index contributed by atoms with van der Waals surface area (Å²) in [6.45, 7) is 8.17. The fraction of sp³-hybridized carbons (Fsp3) is 0.524. The molecule has 0 radical (unpaired) electrons. The highest BCUT2D eigenvalue weighted by Gasteiger charge is 2.52. The lowest BCUT2D eigenvalue weighted by molar-refractivity contribution is -0.155. The van der Waals surface area contributed by atoms with Crippen LogP contribution in [0, 0.1) is 11.3 Å². The van der Waals surface area contributed by atoms with Crippen LogP contribution in [0.1, 0.15) is 58.6 Å². The number of anilines is 1. The number of esters is 1. The minimum atomic E-state index is -4.82. The zero-order valence-corrected chi connectivity index (χ0v) is 18.0. The molecule has 0 saturated carbocycles. The van der Waals surface area contributed by atoms with E-state index in [9.17, 15) is 27.6 Å². The van der Waals surface area contributed by atoms with Gasteiger partial charge in [0.05, 0.1) is 22.9 Å². The Morgan fingerprint density at radius 2 is 1.81 bits per heavy atom. The van der Waals surface area contributed by atoms with E-state index in [1.807, 2.05) is 0 Å². The van der Waals surface area contributed by atoms with Crippen LogP contribution in [0.25, 0.3) is 0 Å². The molecule has 1 aliphatic heterocycles. The summed E-state index contributed by atoms with van der Waals surface area (Å²) in [5, 5.41) is 8.94. The number of carbonyl (C=O) groups excluding carboxylic acids is 3. The van der Waals surface area contributed by atoms with E-state index < -0.39 is 46.4 Å². The molecule has 1 aromatic rings. The highest BCUT2D eigenvalue weighted by atomic mass is 19.4. The highest BCUT2D eigenvalue weighted by molar-refractivity contribution is 6.23. The molecule has 10 heteroatoms. The number of imide groups is 1. The molecule has 1 saturated heterocycles. The standard InChI is InChI=1S/C21H24F3N3O4/c1-19(2,3)31-16(28)7-6-10-26-18(30)27(17(29)20(26,4)5)14-9-8-13(12-25)15(11-14)21(22,23)24/h8-9,11H,6-7,10H2,1-5H3. The lowest BCUT2D eigenvalue weighted by Gasteiger charge is -2.27. The van der Waals surface area contributed by atoms with Gasteiger partial charge in [0, 0.05) is 13.0 Å². The van der Waals surface area contributed by atoms with Gasteiger partial charge in [0.25, 0.3) is 5.91 Å². The third kappa shape index (κ3) is 5.16. The summed E-state index contributed by atoms with van der Waals surface area (Å²) in [7, 11) is 0. The summed E-state index contributed by atoms with van der Waals surface area (Å²) >= 11 is 0. The second kappa shape index (κ2) is 8.21. The average Bonchev–Trinajstić information content (AvgIpc) is 2.78. The van der Waals surface area contributed by atoms with Gasteiger partial charge in [-0.3, -0.25) is 9.59 Å². The maximum atomic E-state index is 13.3. The average molecular weight is 439 g/mol. The molecule has 1 aromatic carbocycles. The topological polar surface area (TPSA) is 90.7 Å². The van der Waals surface area contributed by atoms with Gasteiger partial charge in [-0.05, 0) is 59.2 Å². The Hall–Kier alpha value is -3.09. The number of halogens is 3. The molecule has 1 heterocycles. The van der Waals surface area contributed by atoms with Crippen molar-refractivity contribution in [1.29, 1.82) is 5.26 Å². The molecule has 2 rings (SSSR count). The Kier molecular flexibility index (Phi) is 6.40. The van der Waals surface area contributed by atoms with E-state index in [1.54, 1.807) is 20.8 Å². The van der Waals surface area contributed by atoms with E-state index in [4.69, 9.17) is 10.00 Å². The van der Waals surface area contributed by atoms with Gasteiger partial charge in [0.1, 0.15) is 11.1 Å². The number of ether oxygens (including phenoxy) is 1. The van der Waals surface area contributed by atoms with Crippen LogP contribution in [0.2, 0.25) is 0 Å². The van der Waals surface area contributed by atoms with Crippen molar-refractivity contribution in [3.05, 3.63) is 29.3 Å². The molecular formula is C21H24F3N3O4. The smallest absolute Gasteiger partial charge is 0.417 e. The summed E-state index contributed by atoms with van der Waals surface area (Å²) in [6.07, 6.45) is -4.59. The van der Waals surface area contributed by atoms with Crippen LogP contribution < -0.4 is 4.90 Å². The van der Waals surface area contributed by atoms with Crippen molar-refractivity contribution in [3.8, 4) is 6.07 Å². The molecule has 0 atom stereocenters. The minimum Gasteiger partial charge on any atom is -0.460 e. The van der Waals surface area contributed by atoms with Crippen molar-refractivity contribution in [2.24, 2.45) is 0 Å². The fourth-order valence-electron chi connectivity index (χ4n) is 3.22. The summed E-state index contributed by atoms with van der Waals surface area (Å²) in [5.41, 5.74) is -4.09. The lowest BCUT2D eigenvalue weighted by atomic mass is 10.0. The van der Waals surface area contributed by atoms with E-state index in [1.165, 1.54) is 24.8 Å². The van der Waals surface area contributed by atoms with E-state index in [0.717, 1.165) is 12.1 Å². The number of urea groups is 1. The molecule has 0 spiro atoms. The number of amides is 3. The van der Waals surface area contributed by atoms with Gasteiger partial charge in [-0.15, -0.1) is 0 Å². The molecule has 0 aromatic heterocycles. The second-order valence-corrected chi connectivity index (χ2v) is 8.66. The summed E-state index contributed by atoms with van der Waals surface area (Å²) in [4.78, 5) is 39.6. The molecular weight excluding hydrogens is 415 g/mol. The Morgan fingerprint density at radius 3 is 2.32 bits per heavy atom. The van der Waals surface area contributed by atoms with Crippen LogP contribution in [0.4, 0.5) is 23.7 Å². The Balaban J connectivity index is 2.25. The van der Waals surface area contributed by atoms with Crippen molar-refractivity contribution in [3.63, 3.8) is 0 Å². The van der Waals surface area contributed by atoms with Crippen molar-refractivity contribution in [1.82, 2.24) is 4.90 Å². The molecule has 7 nitrogen and oxygen atoms in total. The molecule has 0 N–H and O–H groups in total. The normalized spacial score (nSPS) is 16.5. The van der Waals surface area contributed by atoms with Crippen molar-refractivity contribution in [2.75, 3.05) is 11.4 Å². The number of carbonyl (C=O) groups is 3. The number of nitrogens with zero attached hydrogens (tertiary/aromatic N) is 3. The Labute approximate surface area is 178 Å². The van der Waals surface area contributed by atoms with E-state index in [-0.39, 0.29) is 25.1 Å². The van der Waals surface area contributed by atoms with Gasteiger partial charge in [-0.2, -0.15) is 18.4 Å². The molecule has 168 valence electrons. The monoisotopic (exact) mass is 439 g/mol. The lowest BCUT2D eigenvalue weighted by Crippen LogP contribution is -2.44. The third-order valence-electron chi connectivity index (χ3n) is 4.69. The van der Waals surface area contributed by atoms with Crippen molar-refractivity contribution in [2.45, 2.75) is 64.8 Å². The van der Waals surface area contributed by atoms with E-state index in [2.05, 4.69) is 0 Å². The third-order valence-corrected chi connectivity index (χ3v) is 4.69.